The summed E-state index contributed by atoms with van der Waals surface area (Å²) in [6.07, 6.45) is 0. The maximum Gasteiger partial charge on any atom is 0.222 e. The minimum Gasteiger partial charge on any atom is -0.368 e. The van der Waals surface area contributed by atoms with Crippen LogP contribution in [0.2, 0.25) is 5.02 Å². The van der Waals surface area contributed by atoms with E-state index in [-0.39, 0.29) is 16.5 Å². The Balaban J connectivity index is 2.61. The summed E-state index contributed by atoms with van der Waals surface area (Å²) in [4.78, 5) is 0. The maximum absolute atomic E-state index is 13.3. The Bertz CT molecular complexity index is 449. The van der Waals surface area contributed by atoms with Crippen molar-refractivity contribution in [1.82, 2.24) is 5.16 Å². The minimum atomic E-state index is -0.453. The van der Waals surface area contributed by atoms with Gasteiger partial charge in [-0.1, -0.05) is 22.8 Å². The van der Waals surface area contributed by atoms with Crippen LogP contribution in [0.15, 0.2) is 28.8 Å². The van der Waals surface area contributed by atoms with Gasteiger partial charge < -0.3 is 10.3 Å². The van der Waals surface area contributed by atoms with Gasteiger partial charge in [-0.3, -0.25) is 0 Å². The molecule has 72 valence electrons. The van der Waals surface area contributed by atoms with Crippen LogP contribution in [0.25, 0.3) is 11.3 Å². The summed E-state index contributed by atoms with van der Waals surface area (Å²) in [5.41, 5.74) is 5.82. The normalized spacial score (nSPS) is 10.4. The van der Waals surface area contributed by atoms with Gasteiger partial charge in [0.25, 0.3) is 0 Å². The van der Waals surface area contributed by atoms with Crippen molar-refractivity contribution in [3.05, 3.63) is 35.1 Å². The molecule has 0 radical (unpaired) electrons. The smallest absolute Gasteiger partial charge is 0.222 e. The second-order valence-corrected chi connectivity index (χ2v) is 3.12. The molecule has 1 heterocycles. The van der Waals surface area contributed by atoms with Crippen LogP contribution in [0.5, 0.6) is 0 Å². The van der Waals surface area contributed by atoms with Gasteiger partial charge in [0.1, 0.15) is 11.5 Å². The Morgan fingerprint density at radius 1 is 1.43 bits per heavy atom. The summed E-state index contributed by atoms with van der Waals surface area (Å²) in [6, 6.07) is 5.81. The number of hydrogen-bond donors (Lipinski definition) is 1. The Hall–Kier alpha value is -1.55. The molecule has 1 aromatic carbocycles. The van der Waals surface area contributed by atoms with E-state index in [1.54, 1.807) is 6.07 Å². The molecule has 0 unspecified atom stereocenters. The summed E-state index contributed by atoms with van der Waals surface area (Å²) < 4.78 is 18.0. The lowest BCUT2D eigenvalue weighted by Crippen LogP contribution is -1.85. The number of nitrogens with zero attached hydrogens (tertiary/aromatic N) is 1. The summed E-state index contributed by atoms with van der Waals surface area (Å²) in [7, 11) is 0. The van der Waals surface area contributed by atoms with Crippen LogP contribution >= 0.6 is 11.6 Å². The Morgan fingerprint density at radius 2 is 2.21 bits per heavy atom. The molecule has 0 fully saturated rings. The van der Waals surface area contributed by atoms with Crippen LogP contribution in [0, 0.1) is 5.82 Å². The molecule has 0 amide bonds. The van der Waals surface area contributed by atoms with Gasteiger partial charge in [0.2, 0.25) is 5.88 Å². The zero-order valence-corrected chi connectivity index (χ0v) is 7.75. The van der Waals surface area contributed by atoms with Crippen molar-refractivity contribution in [2.24, 2.45) is 0 Å². The average molecular weight is 213 g/mol. The molecule has 2 aromatic rings. The maximum atomic E-state index is 13.3. The summed E-state index contributed by atoms with van der Waals surface area (Å²) in [5.74, 6) is -0.329. The van der Waals surface area contributed by atoms with Gasteiger partial charge in [-0.25, -0.2) is 4.39 Å². The predicted molar refractivity (Wildman–Crippen MR) is 51.3 cm³/mol. The van der Waals surface area contributed by atoms with Gasteiger partial charge in [0, 0.05) is 6.07 Å². The van der Waals surface area contributed by atoms with E-state index < -0.39 is 5.82 Å². The van der Waals surface area contributed by atoms with Crippen LogP contribution in [0.1, 0.15) is 0 Å². The second kappa shape index (κ2) is 3.31. The van der Waals surface area contributed by atoms with E-state index in [1.165, 1.54) is 18.2 Å². The van der Waals surface area contributed by atoms with Gasteiger partial charge in [-0.2, -0.15) is 0 Å². The van der Waals surface area contributed by atoms with E-state index in [0.29, 0.717) is 5.69 Å². The minimum absolute atomic E-state index is 0.124. The number of nitrogen functional groups attached to an aromatic ring is 1. The summed E-state index contributed by atoms with van der Waals surface area (Å²) in [5, 5.41) is 3.86. The van der Waals surface area contributed by atoms with Crippen LogP contribution in [-0.2, 0) is 0 Å². The summed E-state index contributed by atoms with van der Waals surface area (Å²) >= 11 is 5.81. The third-order valence-corrected chi connectivity index (χ3v) is 2.06. The average Bonchev–Trinajstić information content (AvgIpc) is 2.51. The fourth-order valence-corrected chi connectivity index (χ4v) is 1.41. The standard InChI is InChI=1S/C9H6ClFN2O/c10-5-2-1-3-6(11)9(5)7-4-8(12)14-13-7/h1-4H,12H2. The van der Waals surface area contributed by atoms with Crippen molar-refractivity contribution in [3.63, 3.8) is 0 Å². The van der Waals surface area contributed by atoms with Crippen LogP contribution < -0.4 is 5.73 Å². The Kier molecular flexibility index (Phi) is 2.13. The van der Waals surface area contributed by atoms with E-state index in [2.05, 4.69) is 9.68 Å². The van der Waals surface area contributed by atoms with Crippen molar-refractivity contribution in [3.8, 4) is 11.3 Å². The SMILES string of the molecule is Nc1cc(-c2c(F)cccc2Cl)no1. The lowest BCUT2D eigenvalue weighted by molar-refractivity contribution is 0.438. The Morgan fingerprint density at radius 3 is 2.79 bits per heavy atom. The first-order valence-electron chi connectivity index (χ1n) is 3.85. The zero-order chi connectivity index (χ0) is 10.1. The van der Waals surface area contributed by atoms with Crippen LogP contribution in [0.4, 0.5) is 10.3 Å². The molecule has 0 spiro atoms. The second-order valence-electron chi connectivity index (χ2n) is 2.71. The van der Waals surface area contributed by atoms with Gasteiger partial charge in [-0.05, 0) is 12.1 Å². The highest BCUT2D eigenvalue weighted by Gasteiger charge is 2.13. The number of halogens is 2. The van der Waals surface area contributed by atoms with Crippen LogP contribution in [-0.4, -0.2) is 5.16 Å². The highest BCUT2D eigenvalue weighted by molar-refractivity contribution is 6.33. The lowest BCUT2D eigenvalue weighted by atomic mass is 10.1. The van der Waals surface area contributed by atoms with E-state index in [0.717, 1.165) is 0 Å². The summed E-state index contributed by atoms with van der Waals surface area (Å²) in [6.45, 7) is 0. The molecule has 3 nitrogen and oxygen atoms in total. The monoisotopic (exact) mass is 212 g/mol. The van der Waals surface area contributed by atoms with Crippen molar-refractivity contribution >= 4 is 17.5 Å². The number of hydrogen-bond acceptors (Lipinski definition) is 3. The molecular weight excluding hydrogens is 207 g/mol. The molecule has 0 aliphatic heterocycles. The molecule has 0 saturated carbocycles. The molecular formula is C9H6ClFN2O. The molecule has 0 aliphatic carbocycles. The van der Waals surface area contributed by atoms with Crippen molar-refractivity contribution < 1.29 is 8.91 Å². The quantitative estimate of drug-likeness (QED) is 0.791. The molecule has 2 N–H and O–H groups in total. The predicted octanol–water partition coefficient (Wildman–Crippen LogP) is 2.72. The molecule has 14 heavy (non-hydrogen) atoms. The van der Waals surface area contributed by atoms with Gasteiger partial charge in [-0.15, -0.1) is 0 Å². The fraction of sp³-hybridized carbons (Fsp3) is 0. The van der Waals surface area contributed by atoms with Gasteiger partial charge >= 0.3 is 0 Å². The van der Waals surface area contributed by atoms with E-state index >= 15 is 0 Å². The molecule has 0 aliphatic rings. The van der Waals surface area contributed by atoms with Crippen LogP contribution in [0.3, 0.4) is 0 Å². The molecule has 5 heteroatoms. The number of nitrogens with two attached hydrogens (primary N) is 1. The van der Waals surface area contributed by atoms with E-state index in [4.69, 9.17) is 17.3 Å². The zero-order valence-electron chi connectivity index (χ0n) is 7.00. The van der Waals surface area contributed by atoms with Gasteiger partial charge in [0.15, 0.2) is 0 Å². The highest BCUT2D eigenvalue weighted by atomic mass is 35.5. The first-order chi connectivity index (χ1) is 6.68. The fourth-order valence-electron chi connectivity index (χ4n) is 1.15. The van der Waals surface area contributed by atoms with Crippen molar-refractivity contribution in [2.45, 2.75) is 0 Å². The number of anilines is 1. The highest BCUT2D eigenvalue weighted by Crippen LogP contribution is 2.30. The largest absolute Gasteiger partial charge is 0.368 e. The van der Waals surface area contributed by atoms with E-state index in [9.17, 15) is 4.39 Å². The third kappa shape index (κ3) is 1.44. The van der Waals surface area contributed by atoms with Crippen molar-refractivity contribution in [2.75, 3.05) is 5.73 Å². The first-order valence-corrected chi connectivity index (χ1v) is 4.23. The number of rotatable bonds is 1. The van der Waals surface area contributed by atoms with Crippen molar-refractivity contribution in [1.29, 1.82) is 0 Å². The van der Waals surface area contributed by atoms with E-state index in [1.807, 2.05) is 0 Å². The Labute approximate surface area is 84.3 Å². The first kappa shape index (κ1) is 9.02. The molecule has 1 aromatic heterocycles. The molecule has 2 rings (SSSR count). The van der Waals surface area contributed by atoms with Gasteiger partial charge in [0.05, 0.1) is 10.6 Å². The number of aromatic nitrogens is 1. The third-order valence-electron chi connectivity index (χ3n) is 1.75. The lowest BCUT2D eigenvalue weighted by Gasteiger charge is -1.99. The number of benzene rings is 1. The molecule has 0 saturated heterocycles. The topological polar surface area (TPSA) is 52.0 Å². The molecule has 0 atom stereocenters. The molecule has 0 bridgehead atoms.